The molecule has 0 heterocycles. The zero-order chi connectivity index (χ0) is 16.9. The summed E-state index contributed by atoms with van der Waals surface area (Å²) in [5, 5.41) is 6.36. The highest BCUT2D eigenvalue weighted by Gasteiger charge is 2.04. The molecule has 0 spiro atoms. The second-order valence-corrected chi connectivity index (χ2v) is 5.14. The van der Waals surface area contributed by atoms with Gasteiger partial charge in [0, 0.05) is 33.4 Å². The van der Waals surface area contributed by atoms with Crippen molar-refractivity contribution in [3.63, 3.8) is 0 Å². The molecule has 0 saturated carbocycles. The minimum Gasteiger partial charge on any atom is -0.494 e. The van der Waals surface area contributed by atoms with Gasteiger partial charge in [-0.3, -0.25) is 4.99 Å². The van der Waals surface area contributed by atoms with Crippen molar-refractivity contribution in [3.05, 3.63) is 29.6 Å². The molecule has 138 valence electrons. The fraction of sp³-hybridized carbons (Fsp3) is 0.588. The van der Waals surface area contributed by atoms with Gasteiger partial charge in [-0.25, -0.2) is 4.39 Å². The van der Waals surface area contributed by atoms with Crippen molar-refractivity contribution >= 4 is 29.9 Å². The Labute approximate surface area is 161 Å². The van der Waals surface area contributed by atoms with Gasteiger partial charge in [0.2, 0.25) is 0 Å². The third-order valence-corrected chi connectivity index (χ3v) is 3.30. The second kappa shape index (κ2) is 14.3. The Hall–Kier alpha value is -1.09. The first kappa shape index (κ1) is 22.9. The second-order valence-electron chi connectivity index (χ2n) is 5.14. The van der Waals surface area contributed by atoms with Gasteiger partial charge in [0.1, 0.15) is 0 Å². The molecule has 1 rings (SSSR count). The molecule has 0 aromatic heterocycles. The van der Waals surface area contributed by atoms with Crippen LogP contribution < -0.4 is 15.4 Å². The minimum absolute atomic E-state index is 0. The van der Waals surface area contributed by atoms with E-state index in [0.29, 0.717) is 12.5 Å². The summed E-state index contributed by atoms with van der Waals surface area (Å²) in [6.45, 7) is 4.99. The Kier molecular flexibility index (Phi) is 13.6. The Morgan fingerprint density at radius 3 is 2.58 bits per heavy atom. The number of ether oxygens (including phenoxy) is 2. The third-order valence-electron chi connectivity index (χ3n) is 3.30. The summed E-state index contributed by atoms with van der Waals surface area (Å²) >= 11 is 0. The van der Waals surface area contributed by atoms with Gasteiger partial charge in [0.05, 0.1) is 7.11 Å². The lowest BCUT2D eigenvalue weighted by atomic mass is 10.2. The zero-order valence-corrected chi connectivity index (χ0v) is 17.1. The predicted octanol–water partition coefficient (Wildman–Crippen LogP) is 3.32. The average Bonchev–Trinajstić information content (AvgIpc) is 2.57. The van der Waals surface area contributed by atoms with E-state index in [0.717, 1.165) is 44.6 Å². The topological polar surface area (TPSA) is 54.9 Å². The molecule has 0 amide bonds. The summed E-state index contributed by atoms with van der Waals surface area (Å²) < 4.78 is 24.0. The van der Waals surface area contributed by atoms with Crippen molar-refractivity contribution in [3.8, 4) is 5.75 Å². The van der Waals surface area contributed by atoms with Crippen molar-refractivity contribution in [2.45, 2.75) is 32.7 Å². The zero-order valence-electron chi connectivity index (χ0n) is 14.7. The van der Waals surface area contributed by atoms with Gasteiger partial charge >= 0.3 is 0 Å². The Morgan fingerprint density at radius 2 is 1.96 bits per heavy atom. The number of aliphatic imine (C=N–C) groups is 1. The first-order valence-corrected chi connectivity index (χ1v) is 8.06. The molecular formula is C17H29FIN3O2. The normalized spacial score (nSPS) is 10.9. The molecular weight excluding hydrogens is 424 g/mol. The number of unbranched alkanes of at least 4 members (excludes halogenated alkanes) is 1. The van der Waals surface area contributed by atoms with Crippen LogP contribution in [0.4, 0.5) is 4.39 Å². The molecule has 1 aromatic rings. The van der Waals surface area contributed by atoms with Crippen LogP contribution in [0.3, 0.4) is 0 Å². The Bertz CT molecular complexity index is 487. The molecule has 5 nitrogen and oxygen atoms in total. The van der Waals surface area contributed by atoms with Crippen molar-refractivity contribution in [2.24, 2.45) is 4.99 Å². The van der Waals surface area contributed by atoms with Crippen LogP contribution in [-0.2, 0) is 11.3 Å². The quantitative estimate of drug-likeness (QED) is 0.247. The molecule has 0 bridgehead atoms. The van der Waals surface area contributed by atoms with Gasteiger partial charge in [0.25, 0.3) is 0 Å². The molecule has 0 fully saturated rings. The number of benzene rings is 1. The maximum Gasteiger partial charge on any atom is 0.191 e. The van der Waals surface area contributed by atoms with Crippen molar-refractivity contribution in [2.75, 3.05) is 33.9 Å². The van der Waals surface area contributed by atoms with E-state index in [2.05, 4.69) is 22.5 Å². The third kappa shape index (κ3) is 9.27. The van der Waals surface area contributed by atoms with Crippen molar-refractivity contribution < 1.29 is 13.9 Å². The van der Waals surface area contributed by atoms with E-state index in [1.165, 1.54) is 13.2 Å². The largest absolute Gasteiger partial charge is 0.494 e. The standard InChI is InChI=1S/C17H28FN3O2.HI/c1-4-5-10-23-11-6-9-20-17(19-2)21-13-14-7-8-16(22-3)15(18)12-14;/h7-8,12H,4-6,9-11,13H2,1-3H3,(H2,19,20,21);1H. The summed E-state index contributed by atoms with van der Waals surface area (Å²) in [7, 11) is 3.16. The van der Waals surface area contributed by atoms with E-state index in [-0.39, 0.29) is 35.5 Å². The lowest BCUT2D eigenvalue weighted by molar-refractivity contribution is 0.129. The van der Waals surface area contributed by atoms with Crippen LogP contribution in [0.25, 0.3) is 0 Å². The van der Waals surface area contributed by atoms with E-state index in [9.17, 15) is 4.39 Å². The van der Waals surface area contributed by atoms with Crippen molar-refractivity contribution in [1.29, 1.82) is 0 Å². The number of rotatable bonds is 10. The lowest BCUT2D eigenvalue weighted by Crippen LogP contribution is -2.37. The molecule has 1 aromatic carbocycles. The van der Waals surface area contributed by atoms with Gasteiger partial charge in [-0.05, 0) is 30.5 Å². The van der Waals surface area contributed by atoms with E-state index in [1.54, 1.807) is 13.1 Å². The fourth-order valence-electron chi connectivity index (χ4n) is 1.96. The molecule has 0 unspecified atom stereocenters. The molecule has 24 heavy (non-hydrogen) atoms. The number of halogens is 2. The van der Waals surface area contributed by atoms with Crippen LogP contribution in [0.15, 0.2) is 23.2 Å². The summed E-state index contributed by atoms with van der Waals surface area (Å²) in [4.78, 5) is 4.14. The number of nitrogens with zero attached hydrogens (tertiary/aromatic N) is 1. The first-order valence-electron chi connectivity index (χ1n) is 8.06. The molecule has 7 heteroatoms. The van der Waals surface area contributed by atoms with Crippen LogP contribution >= 0.6 is 24.0 Å². The SMILES string of the molecule is CCCCOCCCNC(=NC)NCc1ccc(OC)c(F)c1.I. The van der Waals surface area contributed by atoms with E-state index >= 15 is 0 Å². The molecule has 0 aliphatic rings. The van der Waals surface area contributed by atoms with E-state index in [1.807, 2.05) is 6.07 Å². The number of guanidine groups is 1. The monoisotopic (exact) mass is 453 g/mol. The predicted molar refractivity (Wildman–Crippen MR) is 107 cm³/mol. The van der Waals surface area contributed by atoms with Crippen LogP contribution in [0, 0.1) is 5.82 Å². The van der Waals surface area contributed by atoms with Gasteiger partial charge < -0.3 is 20.1 Å². The molecule has 0 radical (unpaired) electrons. The fourth-order valence-corrected chi connectivity index (χ4v) is 1.96. The van der Waals surface area contributed by atoms with E-state index in [4.69, 9.17) is 9.47 Å². The summed E-state index contributed by atoms with van der Waals surface area (Å²) in [5.41, 5.74) is 0.828. The summed E-state index contributed by atoms with van der Waals surface area (Å²) in [6.07, 6.45) is 3.18. The van der Waals surface area contributed by atoms with Crippen LogP contribution in [0.5, 0.6) is 5.75 Å². The Morgan fingerprint density at radius 1 is 1.21 bits per heavy atom. The van der Waals surface area contributed by atoms with Gasteiger partial charge in [-0.2, -0.15) is 0 Å². The van der Waals surface area contributed by atoms with Crippen LogP contribution in [0.2, 0.25) is 0 Å². The van der Waals surface area contributed by atoms with Crippen molar-refractivity contribution in [1.82, 2.24) is 10.6 Å². The number of hydrogen-bond acceptors (Lipinski definition) is 3. The highest BCUT2D eigenvalue weighted by molar-refractivity contribution is 14.0. The molecule has 0 aliphatic heterocycles. The number of nitrogens with one attached hydrogen (secondary N) is 2. The molecule has 0 atom stereocenters. The van der Waals surface area contributed by atoms with Gasteiger partial charge in [-0.15, -0.1) is 24.0 Å². The first-order chi connectivity index (χ1) is 11.2. The minimum atomic E-state index is -0.362. The lowest BCUT2D eigenvalue weighted by Gasteiger charge is -2.12. The van der Waals surface area contributed by atoms with E-state index < -0.39 is 0 Å². The highest BCUT2D eigenvalue weighted by Crippen LogP contribution is 2.17. The average molecular weight is 453 g/mol. The van der Waals surface area contributed by atoms with Gasteiger partial charge in [-0.1, -0.05) is 19.4 Å². The van der Waals surface area contributed by atoms with Crippen LogP contribution in [0.1, 0.15) is 31.7 Å². The smallest absolute Gasteiger partial charge is 0.191 e. The molecule has 0 saturated heterocycles. The number of methoxy groups -OCH3 is 1. The Balaban J connectivity index is 0.00000529. The molecule has 2 N–H and O–H groups in total. The number of hydrogen-bond donors (Lipinski definition) is 2. The van der Waals surface area contributed by atoms with Crippen LogP contribution in [-0.4, -0.2) is 39.9 Å². The highest BCUT2D eigenvalue weighted by atomic mass is 127. The maximum atomic E-state index is 13.6. The summed E-state index contributed by atoms with van der Waals surface area (Å²) in [5.74, 6) is 0.577. The van der Waals surface area contributed by atoms with Gasteiger partial charge in [0.15, 0.2) is 17.5 Å². The summed E-state index contributed by atoms with van der Waals surface area (Å²) in [6, 6.07) is 4.90. The maximum absolute atomic E-state index is 13.6. The molecule has 0 aliphatic carbocycles.